The minimum absolute atomic E-state index is 0.166. The highest BCUT2D eigenvalue weighted by Crippen LogP contribution is 2.15. The SMILES string of the molecule is CC(C)CCCCCCCCCCCCCC(C)C(=O)O. The smallest absolute Gasteiger partial charge is 0.306 e. The molecule has 0 aromatic carbocycles. The number of unbranched alkanes of at least 4 members (excludes halogenated alkanes) is 10. The Morgan fingerprint density at radius 3 is 1.33 bits per heavy atom. The van der Waals surface area contributed by atoms with Crippen molar-refractivity contribution in [3.8, 4) is 0 Å². The standard InChI is InChI=1S/C19H38O2/c1-17(2)15-13-11-9-7-5-4-6-8-10-12-14-16-18(3)19(20)21/h17-18H,4-16H2,1-3H3,(H,20,21). The molecule has 0 aromatic rings. The van der Waals surface area contributed by atoms with Crippen molar-refractivity contribution in [2.75, 3.05) is 0 Å². The molecule has 21 heavy (non-hydrogen) atoms. The summed E-state index contributed by atoms with van der Waals surface area (Å²) in [6.45, 7) is 6.42. The van der Waals surface area contributed by atoms with E-state index in [9.17, 15) is 4.79 Å². The molecule has 0 radical (unpaired) electrons. The molecule has 0 aliphatic rings. The number of hydrogen-bond acceptors (Lipinski definition) is 1. The van der Waals surface area contributed by atoms with E-state index in [1.54, 1.807) is 0 Å². The van der Waals surface area contributed by atoms with Crippen LogP contribution in [0.3, 0.4) is 0 Å². The third kappa shape index (κ3) is 15.7. The Kier molecular flexibility index (Phi) is 14.0. The number of rotatable bonds is 15. The van der Waals surface area contributed by atoms with Gasteiger partial charge in [-0.05, 0) is 12.3 Å². The monoisotopic (exact) mass is 298 g/mol. The van der Waals surface area contributed by atoms with Crippen LogP contribution in [0.4, 0.5) is 0 Å². The quantitative estimate of drug-likeness (QED) is 0.353. The Hall–Kier alpha value is -0.530. The van der Waals surface area contributed by atoms with Crippen LogP contribution in [0.25, 0.3) is 0 Å². The lowest BCUT2D eigenvalue weighted by Gasteiger charge is -2.06. The van der Waals surface area contributed by atoms with Crippen molar-refractivity contribution >= 4 is 5.97 Å². The Balaban J connectivity index is 3.07. The maximum atomic E-state index is 10.7. The zero-order valence-corrected chi connectivity index (χ0v) is 14.7. The molecule has 0 rings (SSSR count). The van der Waals surface area contributed by atoms with Gasteiger partial charge in [0, 0.05) is 0 Å². The fraction of sp³-hybridized carbons (Fsp3) is 0.947. The molecule has 0 heterocycles. The van der Waals surface area contributed by atoms with Gasteiger partial charge >= 0.3 is 5.97 Å². The second-order valence-electron chi connectivity index (χ2n) is 7.10. The van der Waals surface area contributed by atoms with Gasteiger partial charge in [0.25, 0.3) is 0 Å². The first-order valence-electron chi connectivity index (χ1n) is 9.26. The predicted molar refractivity (Wildman–Crippen MR) is 91.7 cm³/mol. The van der Waals surface area contributed by atoms with E-state index in [-0.39, 0.29) is 5.92 Å². The normalized spacial score (nSPS) is 12.8. The van der Waals surface area contributed by atoms with Crippen LogP contribution in [0.5, 0.6) is 0 Å². The molecular weight excluding hydrogens is 260 g/mol. The van der Waals surface area contributed by atoms with Crippen LogP contribution in [0.1, 0.15) is 104 Å². The Morgan fingerprint density at radius 2 is 1.00 bits per heavy atom. The molecule has 1 unspecified atom stereocenters. The van der Waals surface area contributed by atoms with Crippen molar-refractivity contribution in [1.82, 2.24) is 0 Å². The summed E-state index contributed by atoms with van der Waals surface area (Å²) in [5.41, 5.74) is 0. The van der Waals surface area contributed by atoms with Crippen molar-refractivity contribution in [3.05, 3.63) is 0 Å². The minimum atomic E-state index is -0.650. The number of carbonyl (C=O) groups is 1. The van der Waals surface area contributed by atoms with Crippen LogP contribution >= 0.6 is 0 Å². The van der Waals surface area contributed by atoms with Crippen molar-refractivity contribution in [2.24, 2.45) is 11.8 Å². The molecule has 0 amide bonds. The lowest BCUT2D eigenvalue weighted by molar-refractivity contribution is -0.141. The summed E-state index contributed by atoms with van der Waals surface area (Å²) in [7, 11) is 0. The van der Waals surface area contributed by atoms with Crippen LogP contribution < -0.4 is 0 Å². The number of carboxylic acids is 1. The van der Waals surface area contributed by atoms with E-state index < -0.39 is 5.97 Å². The second kappa shape index (κ2) is 14.4. The first-order chi connectivity index (χ1) is 10.0. The van der Waals surface area contributed by atoms with E-state index in [1.807, 2.05) is 6.92 Å². The molecule has 0 bridgehead atoms. The number of hydrogen-bond donors (Lipinski definition) is 1. The Morgan fingerprint density at radius 1 is 0.667 bits per heavy atom. The maximum absolute atomic E-state index is 10.7. The molecule has 1 atom stereocenters. The lowest BCUT2D eigenvalue weighted by atomic mass is 10.0. The molecule has 0 fully saturated rings. The predicted octanol–water partition coefficient (Wildman–Crippen LogP) is 6.43. The highest BCUT2D eigenvalue weighted by atomic mass is 16.4. The summed E-state index contributed by atoms with van der Waals surface area (Å²) < 4.78 is 0. The summed E-state index contributed by atoms with van der Waals surface area (Å²) in [6, 6.07) is 0. The van der Waals surface area contributed by atoms with E-state index in [4.69, 9.17) is 5.11 Å². The first kappa shape index (κ1) is 20.5. The molecule has 0 saturated heterocycles. The van der Waals surface area contributed by atoms with Gasteiger partial charge in [0.05, 0.1) is 5.92 Å². The lowest BCUT2D eigenvalue weighted by Crippen LogP contribution is -2.08. The highest BCUT2D eigenvalue weighted by molar-refractivity contribution is 5.69. The van der Waals surface area contributed by atoms with E-state index in [2.05, 4.69) is 13.8 Å². The van der Waals surface area contributed by atoms with E-state index in [0.29, 0.717) is 0 Å². The molecule has 2 nitrogen and oxygen atoms in total. The van der Waals surface area contributed by atoms with Crippen molar-refractivity contribution in [2.45, 2.75) is 104 Å². The molecule has 1 N–H and O–H groups in total. The van der Waals surface area contributed by atoms with Gasteiger partial charge in [-0.15, -0.1) is 0 Å². The van der Waals surface area contributed by atoms with Gasteiger partial charge in [0.1, 0.15) is 0 Å². The van der Waals surface area contributed by atoms with Crippen LogP contribution in [0, 0.1) is 11.8 Å². The van der Waals surface area contributed by atoms with Crippen molar-refractivity contribution < 1.29 is 9.90 Å². The van der Waals surface area contributed by atoms with Gasteiger partial charge in [-0.25, -0.2) is 0 Å². The summed E-state index contributed by atoms with van der Waals surface area (Å²) in [4.78, 5) is 10.7. The molecule has 126 valence electrons. The third-order valence-corrected chi connectivity index (χ3v) is 4.34. The summed E-state index contributed by atoms with van der Waals surface area (Å²) in [5, 5.41) is 8.79. The van der Waals surface area contributed by atoms with Gasteiger partial charge in [-0.1, -0.05) is 97.8 Å². The van der Waals surface area contributed by atoms with Crippen LogP contribution in [0.2, 0.25) is 0 Å². The third-order valence-electron chi connectivity index (χ3n) is 4.34. The second-order valence-corrected chi connectivity index (χ2v) is 7.10. The van der Waals surface area contributed by atoms with Gasteiger partial charge < -0.3 is 5.11 Å². The fourth-order valence-electron chi connectivity index (χ4n) is 2.72. The summed E-state index contributed by atoms with van der Waals surface area (Å²) in [6.07, 6.45) is 16.9. The molecule has 0 aliphatic heterocycles. The highest BCUT2D eigenvalue weighted by Gasteiger charge is 2.09. The topological polar surface area (TPSA) is 37.3 Å². The largest absolute Gasteiger partial charge is 0.481 e. The molecule has 0 saturated carbocycles. The number of carboxylic acid groups (broad SMARTS) is 1. The summed E-state index contributed by atoms with van der Waals surface area (Å²) in [5.74, 6) is 0.0487. The van der Waals surface area contributed by atoms with Crippen molar-refractivity contribution in [1.29, 1.82) is 0 Å². The Labute approximate surface area is 132 Å². The average molecular weight is 299 g/mol. The van der Waals surface area contributed by atoms with E-state index in [1.165, 1.54) is 70.6 Å². The van der Waals surface area contributed by atoms with Crippen LogP contribution in [-0.2, 0) is 4.79 Å². The zero-order valence-electron chi connectivity index (χ0n) is 14.7. The molecular formula is C19H38O2. The summed E-state index contributed by atoms with van der Waals surface area (Å²) >= 11 is 0. The molecule has 0 spiro atoms. The van der Waals surface area contributed by atoms with Crippen LogP contribution in [0.15, 0.2) is 0 Å². The molecule has 2 heteroatoms. The average Bonchev–Trinajstić information content (AvgIpc) is 2.43. The van der Waals surface area contributed by atoms with Gasteiger partial charge in [0.2, 0.25) is 0 Å². The number of aliphatic carboxylic acids is 1. The molecule has 0 aromatic heterocycles. The van der Waals surface area contributed by atoms with Crippen LogP contribution in [-0.4, -0.2) is 11.1 Å². The zero-order chi connectivity index (χ0) is 15.9. The first-order valence-corrected chi connectivity index (χ1v) is 9.26. The van der Waals surface area contributed by atoms with Gasteiger partial charge in [0.15, 0.2) is 0 Å². The molecule has 0 aliphatic carbocycles. The maximum Gasteiger partial charge on any atom is 0.306 e. The Bertz CT molecular complexity index is 236. The fourth-order valence-corrected chi connectivity index (χ4v) is 2.72. The van der Waals surface area contributed by atoms with E-state index in [0.717, 1.165) is 18.8 Å². The van der Waals surface area contributed by atoms with Crippen molar-refractivity contribution in [3.63, 3.8) is 0 Å². The van der Waals surface area contributed by atoms with Gasteiger partial charge in [-0.3, -0.25) is 4.79 Å². The van der Waals surface area contributed by atoms with E-state index >= 15 is 0 Å². The minimum Gasteiger partial charge on any atom is -0.481 e. The van der Waals surface area contributed by atoms with Gasteiger partial charge in [-0.2, -0.15) is 0 Å².